The Labute approximate surface area is 252 Å². The van der Waals surface area contributed by atoms with Gasteiger partial charge >= 0.3 is 6.03 Å². The van der Waals surface area contributed by atoms with E-state index in [4.69, 9.17) is 9.47 Å². The number of piperidine rings is 1. The lowest BCUT2D eigenvalue weighted by Gasteiger charge is -2.32. The lowest BCUT2D eigenvalue weighted by atomic mass is 9.91. The molecule has 3 aromatic rings. The SMILES string of the molecule is CN1CCN(CCCOc2cc3ncnc(C4CCN(C(=O)Nc5ccc(N6CCOCC6)cc5)CC4)c3cc2F)CC1. The largest absolute Gasteiger partial charge is 0.490 e. The van der Waals surface area contributed by atoms with Gasteiger partial charge in [-0.15, -0.1) is 0 Å². The first-order valence-corrected chi connectivity index (χ1v) is 15.5. The van der Waals surface area contributed by atoms with Crippen LogP contribution in [-0.4, -0.2) is 116 Å². The van der Waals surface area contributed by atoms with Crippen LogP contribution < -0.4 is 15.0 Å². The van der Waals surface area contributed by atoms with Crippen LogP contribution >= 0.6 is 0 Å². The van der Waals surface area contributed by atoms with Gasteiger partial charge in [0.2, 0.25) is 0 Å². The van der Waals surface area contributed by atoms with Gasteiger partial charge in [0.15, 0.2) is 11.6 Å². The van der Waals surface area contributed by atoms with Gasteiger partial charge in [0.05, 0.1) is 31.0 Å². The summed E-state index contributed by atoms with van der Waals surface area (Å²) in [4.78, 5) is 30.9. The summed E-state index contributed by atoms with van der Waals surface area (Å²) < 4.78 is 26.4. The van der Waals surface area contributed by atoms with Crippen molar-refractivity contribution in [2.75, 3.05) is 96.0 Å². The third-order valence-electron chi connectivity index (χ3n) is 8.86. The molecule has 0 radical (unpaired) electrons. The van der Waals surface area contributed by atoms with Crippen LogP contribution in [0, 0.1) is 5.82 Å². The number of urea groups is 1. The van der Waals surface area contributed by atoms with Crippen LogP contribution in [0.3, 0.4) is 0 Å². The molecule has 10 nitrogen and oxygen atoms in total. The fraction of sp³-hybridized carbons (Fsp3) is 0.531. The molecule has 6 rings (SSSR count). The van der Waals surface area contributed by atoms with Crippen LogP contribution in [0.4, 0.5) is 20.6 Å². The molecule has 0 atom stereocenters. The topological polar surface area (TPSA) is 86.3 Å². The Morgan fingerprint density at radius 1 is 1.00 bits per heavy atom. The molecule has 230 valence electrons. The zero-order valence-electron chi connectivity index (χ0n) is 25.0. The molecule has 11 heteroatoms. The fourth-order valence-corrected chi connectivity index (χ4v) is 6.19. The fourth-order valence-electron chi connectivity index (χ4n) is 6.19. The summed E-state index contributed by atoms with van der Waals surface area (Å²) in [7, 11) is 2.15. The van der Waals surface area contributed by atoms with Crippen molar-refractivity contribution < 1.29 is 18.7 Å². The minimum Gasteiger partial charge on any atom is -0.490 e. The van der Waals surface area contributed by atoms with E-state index in [0.717, 1.165) is 95.4 Å². The van der Waals surface area contributed by atoms with Gasteiger partial charge in [0, 0.05) is 87.6 Å². The molecular weight excluding hydrogens is 549 g/mol. The van der Waals surface area contributed by atoms with Crippen molar-refractivity contribution in [1.29, 1.82) is 0 Å². The summed E-state index contributed by atoms with van der Waals surface area (Å²) in [5.74, 6) is -0.0308. The molecule has 3 saturated heterocycles. The third kappa shape index (κ3) is 7.34. The van der Waals surface area contributed by atoms with Crippen LogP contribution in [0.1, 0.15) is 30.9 Å². The summed E-state index contributed by atoms with van der Waals surface area (Å²) in [5, 5.41) is 3.75. The van der Waals surface area contributed by atoms with Crippen LogP contribution in [-0.2, 0) is 4.74 Å². The molecule has 0 unspecified atom stereocenters. The number of benzene rings is 2. The highest BCUT2D eigenvalue weighted by Crippen LogP contribution is 2.33. The molecule has 0 aliphatic carbocycles. The Hall–Kier alpha value is -3.54. The van der Waals surface area contributed by atoms with E-state index in [1.165, 1.54) is 6.07 Å². The van der Waals surface area contributed by atoms with E-state index in [2.05, 4.69) is 37.0 Å². The third-order valence-corrected chi connectivity index (χ3v) is 8.86. The number of carbonyl (C=O) groups is 1. The van der Waals surface area contributed by atoms with Crippen LogP contribution in [0.2, 0.25) is 0 Å². The van der Waals surface area contributed by atoms with Gasteiger partial charge in [-0.05, 0) is 56.6 Å². The Morgan fingerprint density at radius 3 is 2.49 bits per heavy atom. The highest BCUT2D eigenvalue weighted by molar-refractivity contribution is 5.89. The number of fused-ring (bicyclic) bond motifs is 1. The molecule has 1 N–H and O–H groups in total. The number of ether oxygens (including phenoxy) is 2. The summed E-state index contributed by atoms with van der Waals surface area (Å²) in [6.45, 7) is 10.1. The van der Waals surface area contributed by atoms with Crippen molar-refractivity contribution >= 4 is 28.3 Å². The number of aromatic nitrogens is 2. The van der Waals surface area contributed by atoms with E-state index >= 15 is 4.39 Å². The van der Waals surface area contributed by atoms with Crippen LogP contribution in [0.25, 0.3) is 10.9 Å². The standard InChI is InChI=1S/C32H42FN7O3/c1-37-12-14-38(15-13-37)9-2-18-43-30-22-29-27(21-28(30)33)31(35-23-34-29)24-7-10-40(11-8-24)32(41)36-25-3-5-26(6-4-25)39-16-19-42-20-17-39/h3-6,21-24H,2,7-20H2,1H3,(H,36,41). The number of piperazine rings is 1. The summed E-state index contributed by atoms with van der Waals surface area (Å²) in [6.07, 6.45) is 3.90. The van der Waals surface area contributed by atoms with Crippen LogP contribution in [0.5, 0.6) is 5.75 Å². The van der Waals surface area contributed by atoms with Crippen molar-refractivity contribution in [2.24, 2.45) is 0 Å². The number of hydrogen-bond acceptors (Lipinski definition) is 8. The van der Waals surface area contributed by atoms with Gasteiger partial charge < -0.3 is 34.4 Å². The second-order valence-corrected chi connectivity index (χ2v) is 11.7. The highest BCUT2D eigenvalue weighted by Gasteiger charge is 2.27. The first-order chi connectivity index (χ1) is 21.0. The molecule has 4 heterocycles. The maximum atomic E-state index is 15.1. The Bertz CT molecular complexity index is 1370. The number of rotatable bonds is 8. The van der Waals surface area contributed by atoms with E-state index in [-0.39, 0.29) is 23.5 Å². The molecule has 2 aromatic carbocycles. The van der Waals surface area contributed by atoms with E-state index in [9.17, 15) is 4.79 Å². The first kappa shape index (κ1) is 29.5. The Morgan fingerprint density at radius 2 is 1.74 bits per heavy atom. The zero-order chi connectivity index (χ0) is 29.6. The second kappa shape index (κ2) is 13.8. The van der Waals surface area contributed by atoms with E-state index in [1.807, 2.05) is 29.2 Å². The number of likely N-dealkylation sites (tertiary alicyclic amines) is 1. The number of carbonyl (C=O) groups excluding carboxylic acids is 1. The number of nitrogens with one attached hydrogen (secondary N) is 1. The average molecular weight is 592 g/mol. The molecule has 43 heavy (non-hydrogen) atoms. The van der Waals surface area contributed by atoms with Gasteiger partial charge in [-0.3, -0.25) is 0 Å². The average Bonchev–Trinajstić information content (AvgIpc) is 3.04. The van der Waals surface area contributed by atoms with Gasteiger partial charge in [0.1, 0.15) is 6.33 Å². The van der Waals surface area contributed by atoms with Crippen molar-refractivity contribution in [3.05, 3.63) is 54.2 Å². The second-order valence-electron chi connectivity index (χ2n) is 11.7. The van der Waals surface area contributed by atoms with Crippen molar-refractivity contribution in [2.45, 2.75) is 25.2 Å². The maximum Gasteiger partial charge on any atom is 0.321 e. The molecule has 1 aromatic heterocycles. The molecule has 0 saturated carbocycles. The number of likely N-dealkylation sites (N-methyl/N-ethyl adjacent to an activating group) is 1. The molecule has 3 aliphatic heterocycles. The molecule has 2 amide bonds. The molecular formula is C32H42FN7O3. The van der Waals surface area contributed by atoms with E-state index < -0.39 is 0 Å². The maximum absolute atomic E-state index is 15.1. The molecule has 0 spiro atoms. The van der Waals surface area contributed by atoms with E-state index in [1.54, 1.807) is 12.4 Å². The van der Waals surface area contributed by atoms with E-state index in [0.29, 0.717) is 30.6 Å². The quantitative estimate of drug-likeness (QED) is 0.393. The number of nitrogens with zero attached hydrogens (tertiary/aromatic N) is 6. The number of halogens is 1. The lowest BCUT2D eigenvalue weighted by molar-refractivity contribution is 0.122. The Kier molecular flexibility index (Phi) is 9.50. The first-order valence-electron chi connectivity index (χ1n) is 15.5. The van der Waals surface area contributed by atoms with Gasteiger partial charge in [0.25, 0.3) is 0 Å². The lowest BCUT2D eigenvalue weighted by Crippen LogP contribution is -2.44. The number of morpholine rings is 1. The smallest absolute Gasteiger partial charge is 0.321 e. The molecule has 3 fully saturated rings. The highest BCUT2D eigenvalue weighted by atomic mass is 19.1. The predicted molar refractivity (Wildman–Crippen MR) is 166 cm³/mol. The van der Waals surface area contributed by atoms with Crippen molar-refractivity contribution in [1.82, 2.24) is 24.7 Å². The zero-order valence-corrected chi connectivity index (χ0v) is 25.0. The summed E-state index contributed by atoms with van der Waals surface area (Å²) in [6, 6.07) is 11.1. The van der Waals surface area contributed by atoms with Crippen molar-refractivity contribution in [3.63, 3.8) is 0 Å². The summed E-state index contributed by atoms with van der Waals surface area (Å²) >= 11 is 0. The van der Waals surface area contributed by atoms with Gasteiger partial charge in [-0.25, -0.2) is 19.2 Å². The molecule has 3 aliphatic rings. The number of hydrogen-bond donors (Lipinski definition) is 1. The summed E-state index contributed by atoms with van der Waals surface area (Å²) in [5.41, 5.74) is 3.43. The molecule has 0 bridgehead atoms. The van der Waals surface area contributed by atoms with Crippen molar-refractivity contribution in [3.8, 4) is 5.75 Å². The monoisotopic (exact) mass is 591 g/mol. The van der Waals surface area contributed by atoms with Gasteiger partial charge in [-0.2, -0.15) is 0 Å². The minimum atomic E-state index is -0.389. The minimum absolute atomic E-state index is 0.106. The number of amides is 2. The number of anilines is 2. The normalized spacial score (nSPS) is 19.1. The predicted octanol–water partition coefficient (Wildman–Crippen LogP) is 4.03. The Balaban J connectivity index is 1.01. The van der Waals surface area contributed by atoms with Gasteiger partial charge in [-0.1, -0.05) is 0 Å². The van der Waals surface area contributed by atoms with Crippen LogP contribution in [0.15, 0.2) is 42.7 Å².